The molecule has 0 aliphatic heterocycles. The number of carbonyl (C=O) groups excluding carboxylic acids is 1. The predicted molar refractivity (Wildman–Crippen MR) is 54.5 cm³/mol. The van der Waals surface area contributed by atoms with Crippen LogP contribution >= 0.6 is 0 Å². The lowest BCUT2D eigenvalue weighted by Crippen LogP contribution is -2.23. The van der Waals surface area contributed by atoms with Crippen LogP contribution in [-0.4, -0.2) is 24.5 Å². The Morgan fingerprint density at radius 2 is 2.36 bits per heavy atom. The lowest BCUT2D eigenvalue weighted by atomic mass is 10.3. The summed E-state index contributed by atoms with van der Waals surface area (Å²) in [6.07, 6.45) is 3.25. The number of carbonyl (C=O) groups is 1. The van der Waals surface area contributed by atoms with Gasteiger partial charge < -0.3 is 9.64 Å². The zero-order valence-corrected chi connectivity index (χ0v) is 8.65. The molecule has 14 heavy (non-hydrogen) atoms. The molecule has 1 rings (SSSR count). The Hall–Kier alpha value is -1.58. The number of amides is 1. The van der Waals surface area contributed by atoms with E-state index >= 15 is 0 Å². The second-order valence-electron chi connectivity index (χ2n) is 2.85. The Labute approximate surface area is 83.5 Å². The van der Waals surface area contributed by atoms with Crippen LogP contribution in [0.25, 0.3) is 0 Å². The van der Waals surface area contributed by atoms with Gasteiger partial charge in [-0.15, -0.1) is 0 Å². The second kappa shape index (κ2) is 4.60. The maximum Gasteiger partial charge on any atom is 0.223 e. The molecule has 1 aromatic rings. The molecule has 0 aliphatic carbocycles. The van der Waals surface area contributed by atoms with Gasteiger partial charge >= 0.3 is 0 Å². The molecule has 0 N–H and O–H groups in total. The smallest absolute Gasteiger partial charge is 0.223 e. The lowest BCUT2D eigenvalue weighted by Gasteiger charge is -2.18. The molecule has 0 saturated carbocycles. The van der Waals surface area contributed by atoms with E-state index in [4.69, 9.17) is 4.74 Å². The average molecular weight is 194 g/mol. The highest BCUT2D eigenvalue weighted by molar-refractivity contribution is 5.92. The molecule has 4 heteroatoms. The number of aromatic nitrogens is 1. The lowest BCUT2D eigenvalue weighted by molar-refractivity contribution is -0.116. The first-order valence-corrected chi connectivity index (χ1v) is 4.48. The van der Waals surface area contributed by atoms with Crippen LogP contribution in [0.1, 0.15) is 13.8 Å². The van der Waals surface area contributed by atoms with Gasteiger partial charge in [0.2, 0.25) is 5.91 Å². The van der Waals surface area contributed by atoms with Crippen LogP contribution in [0, 0.1) is 0 Å². The molecular formula is C10H14N2O2. The van der Waals surface area contributed by atoms with E-state index < -0.39 is 0 Å². The SMILES string of the molecule is CCOc1cnccc1N(C)C(C)=O. The maximum absolute atomic E-state index is 11.2. The summed E-state index contributed by atoms with van der Waals surface area (Å²) in [5.74, 6) is 0.602. The van der Waals surface area contributed by atoms with Gasteiger partial charge in [-0.1, -0.05) is 0 Å². The van der Waals surface area contributed by atoms with Crippen molar-refractivity contribution < 1.29 is 9.53 Å². The first kappa shape index (κ1) is 10.5. The predicted octanol–water partition coefficient (Wildman–Crippen LogP) is 1.46. The molecule has 0 fully saturated rings. The van der Waals surface area contributed by atoms with Crippen molar-refractivity contribution in [2.45, 2.75) is 13.8 Å². The van der Waals surface area contributed by atoms with Gasteiger partial charge in [-0.3, -0.25) is 9.78 Å². The number of anilines is 1. The normalized spacial score (nSPS) is 9.64. The van der Waals surface area contributed by atoms with Gasteiger partial charge in [0.1, 0.15) is 0 Å². The van der Waals surface area contributed by atoms with Crippen molar-refractivity contribution in [3.8, 4) is 5.75 Å². The van der Waals surface area contributed by atoms with E-state index in [-0.39, 0.29) is 5.91 Å². The van der Waals surface area contributed by atoms with Crippen LogP contribution in [0.15, 0.2) is 18.5 Å². The number of hydrogen-bond acceptors (Lipinski definition) is 3. The molecule has 1 heterocycles. The molecule has 76 valence electrons. The average Bonchev–Trinajstić information content (AvgIpc) is 2.18. The van der Waals surface area contributed by atoms with Gasteiger partial charge in [-0.05, 0) is 13.0 Å². The van der Waals surface area contributed by atoms with Crippen LogP contribution in [0.2, 0.25) is 0 Å². The summed E-state index contributed by atoms with van der Waals surface area (Å²) in [4.78, 5) is 16.6. The van der Waals surface area contributed by atoms with Gasteiger partial charge in [0, 0.05) is 20.2 Å². The largest absolute Gasteiger partial charge is 0.490 e. The zero-order chi connectivity index (χ0) is 10.6. The molecule has 0 radical (unpaired) electrons. The molecule has 1 amide bonds. The topological polar surface area (TPSA) is 42.4 Å². The van der Waals surface area contributed by atoms with E-state index in [0.717, 1.165) is 5.69 Å². The number of pyridine rings is 1. The van der Waals surface area contributed by atoms with Gasteiger partial charge in [-0.25, -0.2) is 0 Å². The number of nitrogens with zero attached hydrogens (tertiary/aromatic N) is 2. The Balaban J connectivity index is 3.00. The third kappa shape index (κ3) is 2.22. The van der Waals surface area contributed by atoms with Crippen molar-refractivity contribution in [1.29, 1.82) is 0 Å². The highest BCUT2D eigenvalue weighted by atomic mass is 16.5. The molecule has 0 bridgehead atoms. The summed E-state index contributed by atoms with van der Waals surface area (Å²) in [5.41, 5.74) is 0.745. The van der Waals surface area contributed by atoms with Crippen molar-refractivity contribution >= 4 is 11.6 Å². The standard InChI is InChI=1S/C10H14N2O2/c1-4-14-10-7-11-6-5-9(10)12(3)8(2)13/h5-7H,4H2,1-3H3. The fourth-order valence-electron chi connectivity index (χ4n) is 1.09. The number of rotatable bonds is 3. The van der Waals surface area contributed by atoms with Crippen LogP contribution in [0.3, 0.4) is 0 Å². The summed E-state index contributed by atoms with van der Waals surface area (Å²) in [6.45, 7) is 3.96. The van der Waals surface area contributed by atoms with Crippen LogP contribution in [0.5, 0.6) is 5.75 Å². The summed E-state index contributed by atoms with van der Waals surface area (Å²) in [5, 5.41) is 0. The van der Waals surface area contributed by atoms with Gasteiger partial charge in [0.25, 0.3) is 0 Å². The summed E-state index contributed by atoms with van der Waals surface area (Å²) < 4.78 is 5.35. The molecule has 0 atom stereocenters. The van der Waals surface area contributed by atoms with E-state index in [1.165, 1.54) is 11.8 Å². The molecule has 0 saturated heterocycles. The van der Waals surface area contributed by atoms with Crippen molar-refractivity contribution in [1.82, 2.24) is 4.98 Å². The Kier molecular flexibility index (Phi) is 3.45. The molecule has 1 aromatic heterocycles. The van der Waals surface area contributed by atoms with Crippen molar-refractivity contribution in [3.05, 3.63) is 18.5 Å². The molecule has 0 aliphatic rings. The van der Waals surface area contributed by atoms with E-state index in [9.17, 15) is 4.79 Å². The first-order valence-electron chi connectivity index (χ1n) is 4.48. The van der Waals surface area contributed by atoms with Gasteiger partial charge in [0.15, 0.2) is 5.75 Å². The molecular weight excluding hydrogens is 180 g/mol. The fraction of sp³-hybridized carbons (Fsp3) is 0.400. The number of hydrogen-bond donors (Lipinski definition) is 0. The van der Waals surface area contributed by atoms with Crippen molar-refractivity contribution in [3.63, 3.8) is 0 Å². The summed E-state index contributed by atoms with van der Waals surface area (Å²) >= 11 is 0. The maximum atomic E-state index is 11.2. The fourth-order valence-corrected chi connectivity index (χ4v) is 1.09. The minimum absolute atomic E-state index is 0.0304. The van der Waals surface area contributed by atoms with Crippen LogP contribution in [0.4, 0.5) is 5.69 Å². The van der Waals surface area contributed by atoms with E-state index in [1.807, 2.05) is 6.92 Å². The van der Waals surface area contributed by atoms with Crippen LogP contribution < -0.4 is 9.64 Å². The van der Waals surface area contributed by atoms with E-state index in [1.54, 1.807) is 25.5 Å². The van der Waals surface area contributed by atoms with Crippen molar-refractivity contribution in [2.24, 2.45) is 0 Å². The van der Waals surface area contributed by atoms with Crippen LogP contribution in [-0.2, 0) is 4.79 Å². The van der Waals surface area contributed by atoms with E-state index in [2.05, 4.69) is 4.98 Å². The molecule has 0 unspecified atom stereocenters. The highest BCUT2D eigenvalue weighted by Crippen LogP contribution is 2.25. The number of ether oxygens (including phenoxy) is 1. The zero-order valence-electron chi connectivity index (χ0n) is 8.65. The third-order valence-electron chi connectivity index (χ3n) is 1.90. The monoisotopic (exact) mass is 194 g/mol. The minimum Gasteiger partial charge on any atom is -0.490 e. The Bertz CT molecular complexity index is 326. The Morgan fingerprint density at radius 1 is 1.64 bits per heavy atom. The highest BCUT2D eigenvalue weighted by Gasteiger charge is 2.10. The minimum atomic E-state index is -0.0304. The quantitative estimate of drug-likeness (QED) is 0.731. The molecule has 0 spiro atoms. The summed E-state index contributed by atoms with van der Waals surface area (Å²) in [6, 6.07) is 1.76. The van der Waals surface area contributed by atoms with E-state index in [0.29, 0.717) is 12.4 Å². The summed E-state index contributed by atoms with van der Waals surface area (Å²) in [7, 11) is 1.71. The third-order valence-corrected chi connectivity index (χ3v) is 1.90. The van der Waals surface area contributed by atoms with Crippen molar-refractivity contribution in [2.75, 3.05) is 18.6 Å². The van der Waals surface area contributed by atoms with Gasteiger partial charge in [0.05, 0.1) is 18.5 Å². The molecule has 0 aromatic carbocycles. The first-order chi connectivity index (χ1) is 6.66. The molecule has 4 nitrogen and oxygen atoms in total. The Morgan fingerprint density at radius 3 is 2.93 bits per heavy atom. The van der Waals surface area contributed by atoms with Gasteiger partial charge in [-0.2, -0.15) is 0 Å². The second-order valence-corrected chi connectivity index (χ2v) is 2.85.